The molecule has 35 heavy (non-hydrogen) atoms. The number of benzene rings is 2. The van der Waals surface area contributed by atoms with Gasteiger partial charge in [-0.3, -0.25) is 14.6 Å². The molecule has 0 N–H and O–H groups in total. The highest BCUT2D eigenvalue weighted by Gasteiger charge is 2.55. The predicted octanol–water partition coefficient (Wildman–Crippen LogP) is 2.65. The molecule has 0 spiro atoms. The summed E-state index contributed by atoms with van der Waals surface area (Å²) in [5.41, 5.74) is 1.11. The van der Waals surface area contributed by atoms with Crippen molar-refractivity contribution in [1.82, 2.24) is 15.1 Å². The molecule has 2 aromatic carbocycles. The van der Waals surface area contributed by atoms with E-state index in [1.807, 2.05) is 6.92 Å². The second-order valence-corrected chi connectivity index (χ2v) is 7.71. The van der Waals surface area contributed by atoms with E-state index in [-0.39, 0.29) is 12.4 Å². The van der Waals surface area contributed by atoms with Gasteiger partial charge in [-0.05, 0) is 49.4 Å². The van der Waals surface area contributed by atoms with E-state index in [2.05, 4.69) is 20.5 Å². The lowest BCUT2D eigenvalue weighted by atomic mass is 10.1. The van der Waals surface area contributed by atoms with Gasteiger partial charge < -0.3 is 18.7 Å². The number of amides is 2. The second-order valence-electron chi connectivity index (χ2n) is 7.71. The number of methoxy groups -OCH3 is 2. The number of carbonyl (C=O) groups excluding carboxylic acids is 2. The quantitative estimate of drug-likeness (QED) is 0.448. The van der Waals surface area contributed by atoms with Crippen molar-refractivity contribution in [2.24, 2.45) is 10.3 Å². The van der Waals surface area contributed by atoms with Crippen LogP contribution in [0.1, 0.15) is 12.8 Å². The molecule has 180 valence electrons. The first kappa shape index (κ1) is 22.3. The number of carbonyl (C=O) groups is 2. The highest BCUT2D eigenvalue weighted by Crippen LogP contribution is 2.34. The molecule has 1 saturated heterocycles. The number of anilines is 1. The summed E-state index contributed by atoms with van der Waals surface area (Å²) in [5.74, 6) is 1.44. The summed E-state index contributed by atoms with van der Waals surface area (Å²) in [6.07, 6.45) is 0. The van der Waals surface area contributed by atoms with Crippen LogP contribution in [0.3, 0.4) is 0 Å². The molecule has 0 aliphatic carbocycles. The number of aromatic nitrogens is 2. The van der Waals surface area contributed by atoms with Crippen LogP contribution in [0.4, 0.5) is 5.69 Å². The Labute approximate surface area is 200 Å². The molecule has 2 atom stereocenters. The molecule has 2 amide bonds. The van der Waals surface area contributed by atoms with Crippen molar-refractivity contribution in [1.29, 1.82) is 0 Å². The van der Waals surface area contributed by atoms with Crippen LogP contribution in [0.15, 0.2) is 57.3 Å². The lowest BCUT2D eigenvalue weighted by molar-refractivity contribution is -0.123. The van der Waals surface area contributed by atoms with Gasteiger partial charge in [0.05, 0.1) is 26.5 Å². The summed E-state index contributed by atoms with van der Waals surface area (Å²) in [5, 5.41) is 13.5. The molecule has 0 unspecified atom stereocenters. The third-order valence-corrected chi connectivity index (χ3v) is 5.67. The average Bonchev–Trinajstić information content (AvgIpc) is 3.57. The zero-order valence-corrected chi connectivity index (χ0v) is 19.2. The van der Waals surface area contributed by atoms with E-state index >= 15 is 0 Å². The molecule has 0 bridgehead atoms. The number of nitrogens with zero attached hydrogens (tertiary/aromatic N) is 6. The smallest absolute Gasteiger partial charge is 0.263 e. The highest BCUT2D eigenvalue weighted by atomic mass is 16.5. The fourth-order valence-electron chi connectivity index (χ4n) is 4.02. The fourth-order valence-corrected chi connectivity index (χ4v) is 4.02. The van der Waals surface area contributed by atoms with Crippen LogP contribution >= 0.6 is 0 Å². The molecule has 0 saturated carbocycles. The van der Waals surface area contributed by atoms with Crippen molar-refractivity contribution in [3.8, 4) is 28.6 Å². The first-order valence-corrected chi connectivity index (χ1v) is 10.9. The van der Waals surface area contributed by atoms with Gasteiger partial charge in [0.2, 0.25) is 11.7 Å². The van der Waals surface area contributed by atoms with Gasteiger partial charge in [-0.15, -0.1) is 0 Å². The van der Waals surface area contributed by atoms with Crippen LogP contribution in [0.2, 0.25) is 0 Å². The van der Waals surface area contributed by atoms with E-state index in [9.17, 15) is 9.59 Å². The van der Waals surface area contributed by atoms with Gasteiger partial charge in [0.25, 0.3) is 11.8 Å². The molecule has 12 heteroatoms. The van der Waals surface area contributed by atoms with Crippen LogP contribution in [0.5, 0.6) is 17.2 Å². The first-order chi connectivity index (χ1) is 17.0. The van der Waals surface area contributed by atoms with E-state index in [0.717, 1.165) is 4.90 Å². The Kier molecular flexibility index (Phi) is 5.77. The summed E-state index contributed by atoms with van der Waals surface area (Å²) in [6, 6.07) is 10.2. The molecule has 12 nitrogen and oxygen atoms in total. The maximum absolute atomic E-state index is 13.2. The second kappa shape index (κ2) is 9.05. The minimum absolute atomic E-state index is 0.0150. The van der Waals surface area contributed by atoms with Gasteiger partial charge in [-0.25, -0.2) is 4.90 Å². The standard InChI is InChI=1S/C23H22N6O6/c1-4-34-15-8-6-14(7-9-15)29-22(30)19-20(23(29)31)28(27-25-19)12-18-24-21(26-35-18)13-5-10-16(32-2)17(11-13)33-3/h5-11,19-20H,4,12H2,1-3H3/t19-,20-/m1/s1. The Morgan fingerprint density at radius 1 is 1.00 bits per heavy atom. The molecular weight excluding hydrogens is 456 g/mol. The number of imide groups is 1. The minimum Gasteiger partial charge on any atom is -0.494 e. The van der Waals surface area contributed by atoms with Gasteiger partial charge in [0.1, 0.15) is 12.3 Å². The Morgan fingerprint density at radius 3 is 2.49 bits per heavy atom. The third-order valence-electron chi connectivity index (χ3n) is 5.67. The molecule has 3 heterocycles. The number of hydrogen-bond donors (Lipinski definition) is 0. The zero-order chi connectivity index (χ0) is 24.5. The number of fused-ring (bicyclic) bond motifs is 1. The molecule has 0 radical (unpaired) electrons. The molecule has 1 fully saturated rings. The van der Waals surface area contributed by atoms with Gasteiger partial charge in [-0.2, -0.15) is 10.1 Å². The summed E-state index contributed by atoms with van der Waals surface area (Å²) in [7, 11) is 3.09. The maximum Gasteiger partial charge on any atom is 0.263 e. The topological polar surface area (TPSA) is 132 Å². The normalized spacial score (nSPS) is 18.8. The Hall–Kier alpha value is -4.48. The van der Waals surface area contributed by atoms with Crippen LogP contribution in [0, 0.1) is 0 Å². The Balaban J connectivity index is 1.32. The van der Waals surface area contributed by atoms with Gasteiger partial charge in [0, 0.05) is 5.56 Å². The van der Waals surface area contributed by atoms with Gasteiger partial charge in [0.15, 0.2) is 23.6 Å². The van der Waals surface area contributed by atoms with Crippen molar-refractivity contribution in [2.75, 3.05) is 25.7 Å². The molecule has 2 aliphatic heterocycles. The van der Waals surface area contributed by atoms with Gasteiger partial charge >= 0.3 is 0 Å². The van der Waals surface area contributed by atoms with E-state index in [4.69, 9.17) is 18.7 Å². The van der Waals surface area contributed by atoms with Gasteiger partial charge in [-0.1, -0.05) is 10.4 Å². The summed E-state index contributed by atoms with van der Waals surface area (Å²) in [6.45, 7) is 2.41. The maximum atomic E-state index is 13.2. The first-order valence-electron chi connectivity index (χ1n) is 10.9. The molecule has 2 aliphatic rings. The van der Waals surface area contributed by atoms with Crippen LogP contribution in [-0.4, -0.2) is 59.9 Å². The molecule has 5 rings (SSSR count). The predicted molar refractivity (Wildman–Crippen MR) is 121 cm³/mol. The number of ether oxygens (including phenoxy) is 3. The SMILES string of the molecule is CCOc1ccc(N2C(=O)[C@@H]3N=NN(Cc4nc(-c5ccc(OC)c(OC)c5)no4)[C@H]3C2=O)cc1. The number of hydrogen-bond acceptors (Lipinski definition) is 11. The summed E-state index contributed by atoms with van der Waals surface area (Å²) < 4.78 is 21.4. The lowest BCUT2D eigenvalue weighted by Gasteiger charge is -2.19. The van der Waals surface area contributed by atoms with Crippen molar-refractivity contribution >= 4 is 17.5 Å². The summed E-state index contributed by atoms with van der Waals surface area (Å²) in [4.78, 5) is 31.6. The average molecular weight is 478 g/mol. The van der Waals surface area contributed by atoms with E-state index in [1.165, 1.54) is 12.1 Å². The largest absolute Gasteiger partial charge is 0.494 e. The monoisotopic (exact) mass is 478 g/mol. The minimum atomic E-state index is -0.928. The Morgan fingerprint density at radius 2 is 1.77 bits per heavy atom. The highest BCUT2D eigenvalue weighted by molar-refractivity contribution is 6.25. The van der Waals surface area contributed by atoms with E-state index in [1.54, 1.807) is 49.6 Å². The zero-order valence-electron chi connectivity index (χ0n) is 19.2. The lowest BCUT2D eigenvalue weighted by Crippen LogP contribution is -2.39. The van der Waals surface area contributed by atoms with Crippen molar-refractivity contribution in [3.05, 3.63) is 48.4 Å². The van der Waals surface area contributed by atoms with Crippen molar-refractivity contribution < 1.29 is 28.3 Å². The Bertz CT molecular complexity index is 1290. The third kappa shape index (κ3) is 3.92. The molecule has 3 aromatic rings. The molecule has 1 aromatic heterocycles. The summed E-state index contributed by atoms with van der Waals surface area (Å²) >= 11 is 0. The van der Waals surface area contributed by atoms with Crippen LogP contribution < -0.4 is 19.1 Å². The fraction of sp³-hybridized carbons (Fsp3) is 0.304. The van der Waals surface area contributed by atoms with Crippen molar-refractivity contribution in [3.63, 3.8) is 0 Å². The van der Waals surface area contributed by atoms with Crippen LogP contribution in [0.25, 0.3) is 11.4 Å². The van der Waals surface area contributed by atoms with E-state index < -0.39 is 23.9 Å². The van der Waals surface area contributed by atoms with Crippen LogP contribution in [-0.2, 0) is 16.1 Å². The molecular formula is C23H22N6O6. The number of rotatable bonds is 8. The van der Waals surface area contributed by atoms with Crippen molar-refractivity contribution in [2.45, 2.75) is 25.6 Å². The van der Waals surface area contributed by atoms with E-state index in [0.29, 0.717) is 40.9 Å².